The lowest BCUT2D eigenvalue weighted by Gasteiger charge is -1.96. The molecule has 0 aliphatic rings. The Bertz CT molecular complexity index is 240. The summed E-state index contributed by atoms with van der Waals surface area (Å²) in [5.74, 6) is -4.32. The van der Waals surface area contributed by atoms with Gasteiger partial charge in [0.05, 0.1) is 0 Å². The number of ether oxygens (including phenoxy) is 1. The van der Waals surface area contributed by atoms with E-state index in [1.54, 1.807) is 0 Å². The van der Waals surface area contributed by atoms with Gasteiger partial charge in [-0.05, 0) is 0 Å². The van der Waals surface area contributed by atoms with Crippen LogP contribution in [0.3, 0.4) is 0 Å². The highest BCUT2D eigenvalue weighted by Gasteiger charge is 2.19. The zero-order valence-corrected chi connectivity index (χ0v) is 6.75. The van der Waals surface area contributed by atoms with Crippen LogP contribution in [0.2, 0.25) is 0 Å². The van der Waals surface area contributed by atoms with Crippen molar-refractivity contribution >= 4 is 23.5 Å². The van der Waals surface area contributed by atoms with Crippen LogP contribution in [0.1, 0.15) is 20.3 Å². The molecule has 0 aromatic rings. The van der Waals surface area contributed by atoms with E-state index in [0.717, 1.165) is 6.92 Å². The molecule has 5 nitrogen and oxygen atoms in total. The van der Waals surface area contributed by atoms with E-state index in [0.29, 0.717) is 0 Å². The van der Waals surface area contributed by atoms with E-state index in [1.807, 2.05) is 0 Å². The van der Waals surface area contributed by atoms with Gasteiger partial charge >= 0.3 is 11.9 Å². The molecule has 0 aliphatic carbocycles. The standard InChI is InChI=1S/C7H8O5/c1-3-5(9)7(11)12-6(10)4(2)8/h3H2,1-2H3. The van der Waals surface area contributed by atoms with Gasteiger partial charge < -0.3 is 4.74 Å². The van der Waals surface area contributed by atoms with Gasteiger partial charge in [-0.15, -0.1) is 0 Å². The lowest BCUT2D eigenvalue weighted by atomic mass is 10.3. The van der Waals surface area contributed by atoms with Gasteiger partial charge in [0.2, 0.25) is 11.6 Å². The second-order valence-electron chi connectivity index (χ2n) is 2.01. The Hall–Kier alpha value is -1.52. The molecule has 0 aromatic carbocycles. The Labute approximate surface area is 68.7 Å². The highest BCUT2D eigenvalue weighted by atomic mass is 16.6. The third-order valence-corrected chi connectivity index (χ3v) is 1.02. The molecule has 0 atom stereocenters. The summed E-state index contributed by atoms with van der Waals surface area (Å²) in [4.78, 5) is 41.8. The van der Waals surface area contributed by atoms with Gasteiger partial charge in [-0.1, -0.05) is 6.92 Å². The van der Waals surface area contributed by atoms with Crippen LogP contribution in [-0.4, -0.2) is 23.5 Å². The molecule has 0 amide bonds. The molecule has 0 aromatic heterocycles. The first kappa shape index (κ1) is 10.5. The molecule has 0 fully saturated rings. The Morgan fingerprint density at radius 2 is 1.58 bits per heavy atom. The van der Waals surface area contributed by atoms with Crippen LogP contribution in [0.25, 0.3) is 0 Å². The summed E-state index contributed by atoms with van der Waals surface area (Å²) in [6.07, 6.45) is -0.0516. The Kier molecular flexibility index (Phi) is 3.82. The summed E-state index contributed by atoms with van der Waals surface area (Å²) in [5.41, 5.74) is 0. The van der Waals surface area contributed by atoms with Crippen LogP contribution in [-0.2, 0) is 23.9 Å². The molecule has 5 heteroatoms. The number of carbonyl (C=O) groups is 4. The molecule has 0 N–H and O–H groups in total. The SMILES string of the molecule is CCC(=O)C(=O)OC(=O)C(C)=O. The van der Waals surface area contributed by atoms with Gasteiger partial charge in [0.25, 0.3) is 0 Å². The van der Waals surface area contributed by atoms with Gasteiger partial charge in [-0.2, -0.15) is 0 Å². The van der Waals surface area contributed by atoms with E-state index in [9.17, 15) is 19.2 Å². The fourth-order valence-electron chi connectivity index (χ4n) is 0.357. The van der Waals surface area contributed by atoms with Crippen LogP contribution < -0.4 is 0 Å². The fourth-order valence-corrected chi connectivity index (χ4v) is 0.357. The molecule has 0 bridgehead atoms. The average Bonchev–Trinajstić information content (AvgIpc) is 2.02. The fraction of sp³-hybridized carbons (Fsp3) is 0.429. The normalized spacial score (nSPS) is 8.83. The first-order valence-electron chi connectivity index (χ1n) is 3.29. The van der Waals surface area contributed by atoms with Gasteiger partial charge in [-0.3, -0.25) is 9.59 Å². The van der Waals surface area contributed by atoms with Gasteiger partial charge in [0.15, 0.2) is 0 Å². The molecule has 12 heavy (non-hydrogen) atoms. The number of carbonyl (C=O) groups excluding carboxylic acids is 4. The number of rotatable bonds is 3. The van der Waals surface area contributed by atoms with Crippen LogP contribution in [0.4, 0.5) is 0 Å². The number of ketones is 2. The summed E-state index contributed by atoms with van der Waals surface area (Å²) in [6, 6.07) is 0. The molecule has 0 unspecified atom stereocenters. The van der Waals surface area contributed by atoms with E-state index in [4.69, 9.17) is 0 Å². The van der Waals surface area contributed by atoms with Gasteiger partial charge in [0, 0.05) is 13.3 Å². The summed E-state index contributed by atoms with van der Waals surface area (Å²) in [5, 5.41) is 0. The van der Waals surface area contributed by atoms with Gasteiger partial charge in [-0.25, -0.2) is 9.59 Å². The van der Waals surface area contributed by atoms with E-state index >= 15 is 0 Å². The van der Waals surface area contributed by atoms with Crippen LogP contribution in [0.15, 0.2) is 0 Å². The van der Waals surface area contributed by atoms with E-state index in [-0.39, 0.29) is 6.42 Å². The molecular weight excluding hydrogens is 164 g/mol. The smallest absolute Gasteiger partial charge is 0.381 e. The number of hydrogen-bond donors (Lipinski definition) is 0. The largest absolute Gasteiger partial charge is 0.382 e. The van der Waals surface area contributed by atoms with Gasteiger partial charge in [0.1, 0.15) is 0 Å². The van der Waals surface area contributed by atoms with Crippen molar-refractivity contribution < 1.29 is 23.9 Å². The van der Waals surface area contributed by atoms with Crippen LogP contribution >= 0.6 is 0 Å². The first-order chi connectivity index (χ1) is 5.49. The minimum absolute atomic E-state index is 0.0516. The third-order valence-electron chi connectivity index (χ3n) is 1.02. The first-order valence-corrected chi connectivity index (χ1v) is 3.29. The predicted molar refractivity (Wildman–Crippen MR) is 37.1 cm³/mol. The predicted octanol–water partition coefficient (Wildman–Crippen LogP) is -0.376. The molecule has 0 rings (SSSR count). The van der Waals surface area contributed by atoms with Crippen molar-refractivity contribution in [3.8, 4) is 0 Å². The molecule has 0 spiro atoms. The topological polar surface area (TPSA) is 77.5 Å². The number of hydrogen-bond acceptors (Lipinski definition) is 5. The van der Waals surface area contributed by atoms with Crippen molar-refractivity contribution in [2.24, 2.45) is 0 Å². The second-order valence-corrected chi connectivity index (χ2v) is 2.01. The van der Waals surface area contributed by atoms with Crippen molar-refractivity contribution in [1.82, 2.24) is 0 Å². The van der Waals surface area contributed by atoms with Crippen molar-refractivity contribution in [3.63, 3.8) is 0 Å². The molecule has 0 aliphatic heterocycles. The molecule has 0 radical (unpaired) electrons. The molecule has 0 heterocycles. The van der Waals surface area contributed by atoms with E-state index in [2.05, 4.69) is 4.74 Å². The quantitative estimate of drug-likeness (QED) is 0.329. The van der Waals surface area contributed by atoms with Crippen molar-refractivity contribution in [2.75, 3.05) is 0 Å². The van der Waals surface area contributed by atoms with Crippen LogP contribution in [0.5, 0.6) is 0 Å². The highest BCUT2D eigenvalue weighted by Crippen LogP contribution is 1.88. The molecule has 0 saturated heterocycles. The molecular formula is C7H8O5. The lowest BCUT2D eigenvalue weighted by molar-refractivity contribution is -0.166. The van der Waals surface area contributed by atoms with E-state index < -0.39 is 23.5 Å². The minimum Gasteiger partial charge on any atom is -0.381 e. The minimum atomic E-state index is -1.30. The Morgan fingerprint density at radius 1 is 1.08 bits per heavy atom. The monoisotopic (exact) mass is 172 g/mol. The van der Waals surface area contributed by atoms with Crippen molar-refractivity contribution in [3.05, 3.63) is 0 Å². The zero-order chi connectivity index (χ0) is 9.72. The maximum absolute atomic E-state index is 10.5. The molecule has 0 saturated carbocycles. The maximum Gasteiger partial charge on any atom is 0.382 e. The number of Topliss-reactive ketones (excluding diaryl/α,β-unsaturated/α-hetero) is 2. The average molecular weight is 172 g/mol. The summed E-state index contributed by atoms with van der Waals surface area (Å²) >= 11 is 0. The summed E-state index contributed by atoms with van der Waals surface area (Å²) in [7, 11) is 0. The second kappa shape index (κ2) is 4.38. The lowest BCUT2D eigenvalue weighted by Crippen LogP contribution is -2.24. The van der Waals surface area contributed by atoms with E-state index in [1.165, 1.54) is 6.92 Å². The molecule has 66 valence electrons. The maximum atomic E-state index is 10.5. The zero-order valence-electron chi connectivity index (χ0n) is 6.75. The summed E-state index contributed by atoms with van der Waals surface area (Å²) in [6.45, 7) is 2.40. The van der Waals surface area contributed by atoms with Crippen molar-refractivity contribution in [2.45, 2.75) is 20.3 Å². The summed E-state index contributed by atoms with van der Waals surface area (Å²) < 4.78 is 3.89. The highest BCUT2D eigenvalue weighted by molar-refractivity contribution is 6.41. The third kappa shape index (κ3) is 3.05. The Balaban J connectivity index is 4.11. The van der Waals surface area contributed by atoms with Crippen molar-refractivity contribution in [1.29, 1.82) is 0 Å². The number of esters is 2. The van der Waals surface area contributed by atoms with Crippen LogP contribution in [0, 0.1) is 0 Å². The Morgan fingerprint density at radius 3 is 1.92 bits per heavy atom.